The quantitative estimate of drug-likeness (QED) is 0.851. The first-order chi connectivity index (χ1) is 10.3. The van der Waals surface area contributed by atoms with E-state index in [-0.39, 0.29) is 24.3 Å². The fourth-order valence-electron chi connectivity index (χ4n) is 2.86. The number of amides is 1. The molecular weight excluding hydrogens is 270 g/mol. The molecule has 0 unspecified atom stereocenters. The molecule has 6 heteroatoms. The molecule has 1 aliphatic rings. The lowest BCUT2D eigenvalue weighted by Gasteiger charge is -2.16. The molecule has 0 spiro atoms. The monoisotopic (exact) mass is 287 g/mol. The Hall–Kier alpha value is -2.21. The Morgan fingerprint density at radius 2 is 2.10 bits per heavy atom. The topological polar surface area (TPSA) is 68.5 Å². The van der Waals surface area contributed by atoms with Crippen molar-refractivity contribution >= 4 is 5.91 Å². The average Bonchev–Trinajstić information content (AvgIpc) is 3.17. The van der Waals surface area contributed by atoms with Crippen molar-refractivity contribution in [2.24, 2.45) is 0 Å². The second kappa shape index (κ2) is 6.05. The van der Waals surface area contributed by atoms with Crippen LogP contribution in [0.4, 0.5) is 0 Å². The van der Waals surface area contributed by atoms with Crippen molar-refractivity contribution in [3.8, 4) is 0 Å². The summed E-state index contributed by atoms with van der Waals surface area (Å²) in [7, 11) is 1.53. The minimum Gasteiger partial charge on any atom is -0.375 e. The fraction of sp³-hybridized carbons (Fsp3) is 0.400. The number of likely N-dealkylation sites (tertiary alicyclic amines) is 1. The molecule has 1 aromatic heterocycles. The van der Waals surface area contributed by atoms with Gasteiger partial charge in [-0.05, 0) is 5.56 Å². The Labute approximate surface area is 122 Å². The molecule has 2 aromatic rings. The average molecular weight is 287 g/mol. The molecule has 1 amide bonds. The van der Waals surface area contributed by atoms with E-state index in [0.717, 1.165) is 0 Å². The third-order valence-electron chi connectivity index (χ3n) is 3.88. The maximum absolute atomic E-state index is 12.1. The van der Waals surface area contributed by atoms with Gasteiger partial charge in [-0.25, -0.2) is 0 Å². The van der Waals surface area contributed by atoms with E-state index in [1.807, 2.05) is 23.1 Å². The second-order valence-corrected chi connectivity index (χ2v) is 5.14. The van der Waals surface area contributed by atoms with Crippen molar-refractivity contribution in [3.05, 3.63) is 48.1 Å². The zero-order valence-electron chi connectivity index (χ0n) is 11.8. The third-order valence-corrected chi connectivity index (χ3v) is 3.88. The van der Waals surface area contributed by atoms with Crippen LogP contribution in [-0.4, -0.2) is 47.8 Å². The van der Waals surface area contributed by atoms with Crippen LogP contribution in [0.3, 0.4) is 0 Å². The zero-order chi connectivity index (χ0) is 14.7. The van der Waals surface area contributed by atoms with E-state index >= 15 is 0 Å². The molecule has 1 fully saturated rings. The van der Waals surface area contributed by atoms with Crippen molar-refractivity contribution in [2.45, 2.75) is 11.8 Å². The van der Waals surface area contributed by atoms with Crippen LogP contribution in [0.2, 0.25) is 0 Å². The Bertz CT molecular complexity index is 585. The zero-order valence-corrected chi connectivity index (χ0v) is 11.8. The summed E-state index contributed by atoms with van der Waals surface area (Å²) in [5.74, 6) is 0.859. The van der Waals surface area contributed by atoms with E-state index < -0.39 is 0 Å². The molecule has 110 valence electrons. The van der Waals surface area contributed by atoms with Crippen LogP contribution in [0.15, 0.2) is 41.2 Å². The maximum Gasteiger partial charge on any atom is 0.248 e. The highest BCUT2D eigenvalue weighted by molar-refractivity contribution is 5.78. The van der Waals surface area contributed by atoms with Gasteiger partial charge in [-0.3, -0.25) is 4.79 Å². The number of nitrogens with zero attached hydrogens (tertiary/aromatic N) is 3. The summed E-state index contributed by atoms with van der Waals surface area (Å²) >= 11 is 0. The lowest BCUT2D eigenvalue weighted by molar-refractivity contribution is -0.134. The normalized spacial score (nSPS) is 21.7. The standard InChI is InChI=1S/C15H17N3O3/c1-20-9-14(19)18-7-12(11-5-3-2-4-6-11)13(8-18)15-16-10-21-17-15/h2-6,10,12-13H,7-9H2,1H3/t12-,13+/m1/s1. The summed E-state index contributed by atoms with van der Waals surface area (Å²) in [5, 5.41) is 3.96. The van der Waals surface area contributed by atoms with Gasteiger partial charge in [-0.15, -0.1) is 0 Å². The molecule has 3 rings (SSSR count). The van der Waals surface area contributed by atoms with Gasteiger partial charge in [-0.2, -0.15) is 4.98 Å². The van der Waals surface area contributed by atoms with E-state index in [2.05, 4.69) is 22.3 Å². The highest BCUT2D eigenvalue weighted by atomic mass is 16.5. The summed E-state index contributed by atoms with van der Waals surface area (Å²) in [6, 6.07) is 10.1. The molecule has 1 aromatic carbocycles. The Balaban J connectivity index is 1.86. The van der Waals surface area contributed by atoms with Gasteiger partial charge < -0.3 is 14.2 Å². The molecule has 0 N–H and O–H groups in total. The first-order valence-electron chi connectivity index (χ1n) is 6.87. The van der Waals surface area contributed by atoms with Gasteiger partial charge in [0.15, 0.2) is 5.82 Å². The van der Waals surface area contributed by atoms with E-state index in [4.69, 9.17) is 9.26 Å². The molecule has 0 radical (unpaired) electrons. The number of rotatable bonds is 4. The molecule has 2 heterocycles. The largest absolute Gasteiger partial charge is 0.375 e. The van der Waals surface area contributed by atoms with Crippen LogP contribution >= 0.6 is 0 Å². The highest BCUT2D eigenvalue weighted by Crippen LogP contribution is 2.38. The van der Waals surface area contributed by atoms with Gasteiger partial charge in [0.25, 0.3) is 0 Å². The van der Waals surface area contributed by atoms with Crippen molar-refractivity contribution in [2.75, 3.05) is 26.8 Å². The number of hydrogen-bond acceptors (Lipinski definition) is 5. The first-order valence-corrected chi connectivity index (χ1v) is 6.87. The molecule has 21 heavy (non-hydrogen) atoms. The molecule has 0 bridgehead atoms. The Morgan fingerprint density at radius 1 is 1.33 bits per heavy atom. The van der Waals surface area contributed by atoms with Crippen LogP contribution in [0.5, 0.6) is 0 Å². The van der Waals surface area contributed by atoms with Gasteiger partial charge in [-0.1, -0.05) is 35.5 Å². The van der Waals surface area contributed by atoms with E-state index in [1.54, 1.807) is 0 Å². The number of benzene rings is 1. The smallest absolute Gasteiger partial charge is 0.248 e. The summed E-state index contributed by atoms with van der Waals surface area (Å²) in [6.07, 6.45) is 1.33. The fourth-order valence-corrected chi connectivity index (χ4v) is 2.86. The van der Waals surface area contributed by atoms with E-state index in [1.165, 1.54) is 19.1 Å². The minimum absolute atomic E-state index is 0.00979. The number of hydrogen-bond donors (Lipinski definition) is 0. The van der Waals surface area contributed by atoms with E-state index in [0.29, 0.717) is 18.9 Å². The molecule has 0 aliphatic carbocycles. The summed E-state index contributed by atoms with van der Waals surface area (Å²) in [6.45, 7) is 1.33. The number of aromatic nitrogens is 2. The van der Waals surface area contributed by atoms with Crippen molar-refractivity contribution in [3.63, 3.8) is 0 Å². The van der Waals surface area contributed by atoms with E-state index in [9.17, 15) is 4.79 Å². The van der Waals surface area contributed by atoms with Gasteiger partial charge in [0.2, 0.25) is 12.3 Å². The lowest BCUT2D eigenvalue weighted by Crippen LogP contribution is -2.31. The number of methoxy groups -OCH3 is 1. The van der Waals surface area contributed by atoms with Crippen LogP contribution in [0.1, 0.15) is 23.2 Å². The number of ether oxygens (including phenoxy) is 1. The molecule has 1 saturated heterocycles. The SMILES string of the molecule is COCC(=O)N1C[C@H](c2ccccc2)[C@@H](c2ncon2)C1. The van der Waals surface area contributed by atoms with Crippen LogP contribution in [0, 0.1) is 0 Å². The van der Waals surface area contributed by atoms with Gasteiger partial charge >= 0.3 is 0 Å². The molecule has 2 atom stereocenters. The number of carbonyl (C=O) groups is 1. The second-order valence-electron chi connectivity index (χ2n) is 5.14. The predicted molar refractivity (Wildman–Crippen MR) is 74.7 cm³/mol. The third kappa shape index (κ3) is 2.80. The Morgan fingerprint density at radius 3 is 2.76 bits per heavy atom. The minimum atomic E-state index is -0.00979. The molecule has 0 saturated carbocycles. The first kappa shape index (κ1) is 13.8. The van der Waals surface area contributed by atoms with Crippen molar-refractivity contribution < 1.29 is 14.1 Å². The maximum atomic E-state index is 12.1. The summed E-state index contributed by atoms with van der Waals surface area (Å²) in [4.78, 5) is 18.0. The van der Waals surface area contributed by atoms with Crippen LogP contribution < -0.4 is 0 Å². The molecule has 1 aliphatic heterocycles. The van der Waals surface area contributed by atoms with Gasteiger partial charge in [0.1, 0.15) is 6.61 Å². The van der Waals surface area contributed by atoms with Crippen molar-refractivity contribution in [1.29, 1.82) is 0 Å². The summed E-state index contributed by atoms with van der Waals surface area (Å²) in [5.41, 5.74) is 1.18. The number of carbonyl (C=O) groups excluding carboxylic acids is 1. The van der Waals surface area contributed by atoms with Crippen LogP contribution in [0.25, 0.3) is 0 Å². The Kier molecular flexibility index (Phi) is 3.96. The van der Waals surface area contributed by atoms with Crippen LogP contribution in [-0.2, 0) is 9.53 Å². The highest BCUT2D eigenvalue weighted by Gasteiger charge is 2.39. The molecular formula is C15H17N3O3. The lowest BCUT2D eigenvalue weighted by atomic mass is 9.88. The van der Waals surface area contributed by atoms with Gasteiger partial charge in [0.05, 0.1) is 0 Å². The van der Waals surface area contributed by atoms with Gasteiger partial charge in [0, 0.05) is 32.0 Å². The summed E-state index contributed by atoms with van der Waals surface area (Å²) < 4.78 is 9.81. The van der Waals surface area contributed by atoms with Crippen molar-refractivity contribution in [1.82, 2.24) is 15.0 Å². The predicted octanol–water partition coefficient (Wildman–Crippen LogP) is 1.43. The molecule has 6 nitrogen and oxygen atoms in total.